The van der Waals surface area contributed by atoms with Gasteiger partial charge in [0, 0.05) is 12.8 Å². The Balaban J connectivity index is 3.92. The van der Waals surface area contributed by atoms with E-state index in [0.717, 1.165) is 83.5 Å². The highest BCUT2D eigenvalue weighted by atomic mass is 16.5. The van der Waals surface area contributed by atoms with Crippen molar-refractivity contribution in [3.8, 4) is 0 Å². The number of nitrogens with one attached hydrogen (secondary N) is 2. The third-order valence-electron chi connectivity index (χ3n) is 9.34. The molecule has 0 saturated heterocycles. The number of hydrogen-bond acceptors (Lipinski definition) is 6. The fraction of sp³-hybridized carbons (Fsp3) is 0.733. The minimum atomic E-state index is -1.39. The van der Waals surface area contributed by atoms with E-state index < -0.39 is 24.5 Å². The molecule has 2 amide bonds. The molecule has 0 aliphatic heterocycles. The monoisotopic (exact) mass is 759 g/mol. The van der Waals surface area contributed by atoms with Gasteiger partial charge in [0.25, 0.3) is 0 Å². The van der Waals surface area contributed by atoms with E-state index in [0.29, 0.717) is 12.8 Å². The number of aliphatic carboxylic acids is 1. The number of aliphatic hydroxyl groups is 1. The van der Waals surface area contributed by atoms with Gasteiger partial charge in [-0.25, -0.2) is 4.79 Å². The second-order valence-corrected chi connectivity index (χ2v) is 14.4. The molecule has 0 saturated carbocycles. The number of carboxylic acid groups (broad SMARTS) is 1. The van der Waals surface area contributed by atoms with Crippen LogP contribution in [0.15, 0.2) is 48.6 Å². The number of carboxylic acids is 1. The van der Waals surface area contributed by atoms with Crippen LogP contribution in [-0.2, 0) is 23.9 Å². The lowest BCUT2D eigenvalue weighted by atomic mass is 10.0. The normalized spacial score (nSPS) is 12.9. The molecule has 9 heteroatoms. The first-order valence-electron chi connectivity index (χ1n) is 21.5. The first-order valence-corrected chi connectivity index (χ1v) is 21.5. The van der Waals surface area contributed by atoms with Crippen molar-refractivity contribution in [1.29, 1.82) is 0 Å². The average molecular weight is 759 g/mol. The summed E-state index contributed by atoms with van der Waals surface area (Å²) in [6.45, 7) is 3.30. The molecule has 54 heavy (non-hydrogen) atoms. The van der Waals surface area contributed by atoms with Crippen LogP contribution in [0.4, 0.5) is 0 Å². The largest absolute Gasteiger partial charge is 0.480 e. The molecule has 4 N–H and O–H groups in total. The van der Waals surface area contributed by atoms with E-state index in [1.165, 1.54) is 70.6 Å². The maximum Gasteiger partial charge on any atom is 0.328 e. The minimum Gasteiger partial charge on any atom is -0.480 e. The second kappa shape index (κ2) is 39.5. The van der Waals surface area contributed by atoms with Gasteiger partial charge in [-0.3, -0.25) is 14.4 Å². The number of unbranched alkanes of at least 4 members (excludes halogenated alkanes) is 16. The number of allylic oxidation sites excluding steroid dienone is 8. The predicted octanol–water partition coefficient (Wildman–Crippen LogP) is 10.4. The molecule has 0 radical (unpaired) electrons. The van der Waals surface area contributed by atoms with Gasteiger partial charge in [-0.05, 0) is 77.0 Å². The Morgan fingerprint density at radius 3 is 1.59 bits per heavy atom. The quantitative estimate of drug-likeness (QED) is 0.0279. The second-order valence-electron chi connectivity index (χ2n) is 14.4. The molecule has 0 rings (SSSR count). The SMILES string of the molecule is CC/C=C\C/C=C\C/C=C\C/C=C\CCCCCCCCCCCCC(=O)OC(CCCCCC)CCCCCCC(=O)NCC(=O)NC(CO)C(=O)O. The summed E-state index contributed by atoms with van der Waals surface area (Å²) in [6.07, 6.45) is 46.0. The molecular formula is C45H78N2O7. The molecule has 0 aromatic heterocycles. The van der Waals surface area contributed by atoms with E-state index in [1.54, 1.807) is 0 Å². The van der Waals surface area contributed by atoms with Crippen LogP contribution >= 0.6 is 0 Å². The highest BCUT2D eigenvalue weighted by Crippen LogP contribution is 2.18. The van der Waals surface area contributed by atoms with Gasteiger partial charge >= 0.3 is 11.9 Å². The molecule has 2 atom stereocenters. The van der Waals surface area contributed by atoms with Gasteiger partial charge in [0.05, 0.1) is 13.2 Å². The summed E-state index contributed by atoms with van der Waals surface area (Å²) in [5.41, 5.74) is 0. The molecule has 0 fully saturated rings. The smallest absolute Gasteiger partial charge is 0.328 e. The number of hydrogen-bond donors (Lipinski definition) is 4. The number of carbonyl (C=O) groups is 4. The lowest BCUT2D eigenvalue weighted by Gasteiger charge is -2.18. The fourth-order valence-electron chi connectivity index (χ4n) is 6.06. The number of rotatable bonds is 38. The Kier molecular flexibility index (Phi) is 37.2. The molecular weight excluding hydrogens is 681 g/mol. The van der Waals surface area contributed by atoms with Crippen molar-refractivity contribution >= 4 is 23.8 Å². The van der Waals surface area contributed by atoms with Crippen LogP contribution < -0.4 is 10.6 Å². The van der Waals surface area contributed by atoms with E-state index in [1.807, 2.05) is 0 Å². The van der Waals surface area contributed by atoms with Crippen LogP contribution in [0.1, 0.15) is 187 Å². The van der Waals surface area contributed by atoms with Gasteiger partial charge in [0.2, 0.25) is 11.8 Å². The predicted molar refractivity (Wildman–Crippen MR) is 222 cm³/mol. The van der Waals surface area contributed by atoms with Crippen LogP contribution in [0.3, 0.4) is 0 Å². The number of amides is 2. The molecule has 9 nitrogen and oxygen atoms in total. The Morgan fingerprint density at radius 2 is 1.06 bits per heavy atom. The summed E-state index contributed by atoms with van der Waals surface area (Å²) in [6, 6.07) is -1.39. The lowest BCUT2D eigenvalue weighted by Crippen LogP contribution is -2.47. The minimum absolute atomic E-state index is 0.0429. The Hall–Kier alpha value is -3.20. The van der Waals surface area contributed by atoms with Crippen molar-refractivity contribution in [1.82, 2.24) is 10.6 Å². The number of carbonyl (C=O) groups excluding carboxylic acids is 3. The Morgan fingerprint density at radius 1 is 0.574 bits per heavy atom. The molecule has 0 aromatic carbocycles. The maximum absolute atomic E-state index is 12.6. The van der Waals surface area contributed by atoms with Crippen molar-refractivity contribution in [3.05, 3.63) is 48.6 Å². The molecule has 310 valence electrons. The third-order valence-corrected chi connectivity index (χ3v) is 9.34. The number of esters is 1. The van der Waals surface area contributed by atoms with Gasteiger partial charge < -0.3 is 25.6 Å². The van der Waals surface area contributed by atoms with Crippen molar-refractivity contribution in [2.75, 3.05) is 13.2 Å². The molecule has 0 aliphatic carbocycles. The van der Waals surface area contributed by atoms with Crippen LogP contribution in [0.5, 0.6) is 0 Å². The average Bonchev–Trinajstić information content (AvgIpc) is 3.16. The summed E-state index contributed by atoms with van der Waals surface area (Å²) < 4.78 is 5.93. The van der Waals surface area contributed by atoms with Gasteiger partial charge in [0.15, 0.2) is 0 Å². The van der Waals surface area contributed by atoms with Gasteiger partial charge in [0.1, 0.15) is 12.1 Å². The first kappa shape index (κ1) is 50.8. The molecule has 0 bridgehead atoms. The van der Waals surface area contributed by atoms with E-state index >= 15 is 0 Å². The van der Waals surface area contributed by atoms with Gasteiger partial charge in [-0.2, -0.15) is 0 Å². The van der Waals surface area contributed by atoms with Crippen LogP contribution in [0.2, 0.25) is 0 Å². The molecule has 0 heterocycles. The van der Waals surface area contributed by atoms with Gasteiger partial charge in [-0.1, -0.05) is 146 Å². The molecule has 0 aliphatic rings. The zero-order valence-electron chi connectivity index (χ0n) is 34.2. The van der Waals surface area contributed by atoms with Crippen LogP contribution in [0.25, 0.3) is 0 Å². The van der Waals surface area contributed by atoms with Crippen molar-refractivity contribution < 1.29 is 34.1 Å². The number of aliphatic hydroxyl groups excluding tert-OH is 1. The highest BCUT2D eigenvalue weighted by molar-refractivity contribution is 5.87. The standard InChI is InChI=1S/C45H78N2O7/c1-3-5-7-9-10-11-12-13-14-15-16-17-18-19-20-21-22-23-24-25-26-27-33-37-44(51)54-40(34-30-8-6-4-2)35-31-28-29-32-36-42(49)46-38-43(50)47-41(39-48)45(52)53/h5,7,10-11,13-14,16-17,40-41,48H,3-4,6,8-9,12,15,18-39H2,1-2H3,(H,46,49)(H,47,50)(H,52,53)/b7-5-,11-10-,14-13-,17-16-. The van der Waals surface area contributed by atoms with Crippen molar-refractivity contribution in [3.63, 3.8) is 0 Å². The zero-order chi connectivity index (χ0) is 39.7. The Bertz CT molecular complexity index is 1050. The van der Waals surface area contributed by atoms with Crippen LogP contribution in [-0.4, -0.2) is 59.3 Å². The van der Waals surface area contributed by atoms with E-state index in [9.17, 15) is 19.2 Å². The summed E-state index contributed by atoms with van der Waals surface area (Å²) in [7, 11) is 0. The Labute approximate surface area is 328 Å². The summed E-state index contributed by atoms with van der Waals surface area (Å²) in [4.78, 5) is 47.3. The van der Waals surface area contributed by atoms with E-state index in [-0.39, 0.29) is 30.9 Å². The summed E-state index contributed by atoms with van der Waals surface area (Å²) in [5.74, 6) is -2.35. The van der Waals surface area contributed by atoms with Crippen LogP contribution in [0, 0.1) is 0 Å². The maximum atomic E-state index is 12.6. The third kappa shape index (κ3) is 35.8. The molecule has 2 unspecified atom stereocenters. The summed E-state index contributed by atoms with van der Waals surface area (Å²) in [5, 5.41) is 22.5. The highest BCUT2D eigenvalue weighted by Gasteiger charge is 2.19. The van der Waals surface area contributed by atoms with Crippen molar-refractivity contribution in [2.45, 2.75) is 199 Å². The van der Waals surface area contributed by atoms with E-state index in [4.69, 9.17) is 14.9 Å². The lowest BCUT2D eigenvalue weighted by molar-refractivity contribution is -0.150. The van der Waals surface area contributed by atoms with Crippen molar-refractivity contribution in [2.24, 2.45) is 0 Å². The molecule has 0 spiro atoms. The number of ether oxygens (including phenoxy) is 1. The summed E-state index contributed by atoms with van der Waals surface area (Å²) >= 11 is 0. The fourth-order valence-corrected chi connectivity index (χ4v) is 6.06. The first-order chi connectivity index (χ1) is 26.3. The van der Waals surface area contributed by atoms with E-state index in [2.05, 4.69) is 73.1 Å². The topological polar surface area (TPSA) is 142 Å². The molecule has 0 aromatic rings. The zero-order valence-corrected chi connectivity index (χ0v) is 34.2. The van der Waals surface area contributed by atoms with Gasteiger partial charge in [-0.15, -0.1) is 0 Å².